The summed E-state index contributed by atoms with van der Waals surface area (Å²) in [5, 5.41) is 23.7. The van der Waals surface area contributed by atoms with Crippen molar-refractivity contribution in [2.75, 3.05) is 11.5 Å². The van der Waals surface area contributed by atoms with Crippen molar-refractivity contribution in [3.63, 3.8) is 0 Å². The maximum absolute atomic E-state index is 13.0. The number of aliphatic carboxylic acids is 2. The van der Waals surface area contributed by atoms with Crippen molar-refractivity contribution in [1.82, 2.24) is 19.6 Å². The van der Waals surface area contributed by atoms with E-state index in [1.54, 1.807) is 0 Å². The molecule has 1 fully saturated rings. The Kier molecular flexibility index (Phi) is 8.51. The lowest BCUT2D eigenvalue weighted by molar-refractivity contribution is -0.178. The number of carboxylic acid groups (broad SMARTS) is 2. The molecule has 3 heterocycles. The standard InChI is InChI=1S/C19H20N6O11S2/c1-5(16(30)31)36-23-9(12-22-19(20)38-24-12)13(28)21-10-14(29)25-11(17(32)33)8(4-37-15(10)25)18(34-6(2)26)35-7(3)27/h5,10,15,18H,4H2,1-3H3,(H,21,28)(H,30,31)(H,32,33)(H2,20,22,24)/t5?,10?,15-/m0/s1. The quantitative estimate of drug-likeness (QED) is 0.0819. The van der Waals surface area contributed by atoms with Crippen molar-refractivity contribution in [1.29, 1.82) is 0 Å². The van der Waals surface area contributed by atoms with E-state index in [4.69, 9.17) is 25.2 Å². The first-order valence-corrected chi connectivity index (χ1v) is 12.3. The highest BCUT2D eigenvalue weighted by Gasteiger charge is 2.55. The summed E-state index contributed by atoms with van der Waals surface area (Å²) in [5.74, 6) is -6.95. The molecule has 3 atom stereocenters. The Labute approximate surface area is 221 Å². The summed E-state index contributed by atoms with van der Waals surface area (Å²) in [4.78, 5) is 81.5. The number of esters is 2. The summed E-state index contributed by atoms with van der Waals surface area (Å²) < 4.78 is 13.7. The molecule has 38 heavy (non-hydrogen) atoms. The molecule has 0 radical (unpaired) electrons. The van der Waals surface area contributed by atoms with Gasteiger partial charge >= 0.3 is 23.9 Å². The summed E-state index contributed by atoms with van der Waals surface area (Å²) >= 11 is 1.73. The lowest BCUT2D eigenvalue weighted by atomic mass is 10.0. The van der Waals surface area contributed by atoms with Crippen LogP contribution in [0.5, 0.6) is 0 Å². The predicted molar refractivity (Wildman–Crippen MR) is 126 cm³/mol. The number of nitrogens with one attached hydrogen (secondary N) is 1. The van der Waals surface area contributed by atoms with Gasteiger partial charge in [-0.15, -0.1) is 11.8 Å². The van der Waals surface area contributed by atoms with E-state index in [1.807, 2.05) is 0 Å². The number of β-lactam (4-membered cyclic amide) rings is 1. The van der Waals surface area contributed by atoms with Crippen molar-refractivity contribution in [3.8, 4) is 0 Å². The number of carboxylic acids is 2. The van der Waals surface area contributed by atoms with E-state index in [1.165, 1.54) is 0 Å². The van der Waals surface area contributed by atoms with E-state index in [0.29, 0.717) is 0 Å². The number of rotatable bonds is 10. The fourth-order valence-electron chi connectivity index (χ4n) is 3.19. The van der Waals surface area contributed by atoms with Gasteiger partial charge in [-0.25, -0.2) is 9.59 Å². The summed E-state index contributed by atoms with van der Waals surface area (Å²) in [6, 6.07) is -1.25. The first kappa shape index (κ1) is 28.3. The molecule has 2 aliphatic rings. The molecule has 0 aromatic carbocycles. The number of nitrogen functional groups attached to an aromatic ring is 1. The van der Waals surface area contributed by atoms with Crippen LogP contribution in [0.25, 0.3) is 0 Å². The largest absolute Gasteiger partial charge is 0.478 e. The van der Waals surface area contributed by atoms with E-state index >= 15 is 0 Å². The molecule has 19 heteroatoms. The van der Waals surface area contributed by atoms with Crippen molar-refractivity contribution >= 4 is 69.8 Å². The first-order chi connectivity index (χ1) is 17.8. The van der Waals surface area contributed by atoms with Crippen LogP contribution in [0.1, 0.15) is 26.6 Å². The first-order valence-electron chi connectivity index (χ1n) is 10.4. The Morgan fingerprint density at radius 1 is 1.18 bits per heavy atom. The Morgan fingerprint density at radius 3 is 2.32 bits per heavy atom. The van der Waals surface area contributed by atoms with E-state index in [-0.39, 0.29) is 22.3 Å². The zero-order valence-corrected chi connectivity index (χ0v) is 21.4. The Hall–Kier alpha value is -4.26. The Bertz CT molecular complexity index is 1250. The third-order valence-corrected chi connectivity index (χ3v) is 6.68. The maximum atomic E-state index is 13.0. The number of ether oxygens (including phenoxy) is 2. The minimum absolute atomic E-state index is 0.0283. The molecule has 17 nitrogen and oxygen atoms in total. The van der Waals surface area contributed by atoms with E-state index < -0.39 is 70.9 Å². The number of anilines is 1. The van der Waals surface area contributed by atoms with Crippen LogP contribution in [0.3, 0.4) is 0 Å². The molecule has 0 spiro atoms. The van der Waals surface area contributed by atoms with Gasteiger partial charge in [0.15, 0.2) is 5.13 Å². The molecule has 2 unspecified atom stereocenters. The van der Waals surface area contributed by atoms with Gasteiger partial charge in [-0.3, -0.25) is 24.1 Å². The number of nitrogens with zero attached hydrogens (tertiary/aromatic N) is 4. The lowest BCUT2D eigenvalue weighted by Gasteiger charge is -2.49. The molecule has 204 valence electrons. The molecule has 0 bridgehead atoms. The molecule has 1 saturated heterocycles. The minimum atomic E-state index is -1.68. The number of nitrogens with two attached hydrogens (primary N) is 1. The topological polar surface area (TPSA) is 250 Å². The summed E-state index contributed by atoms with van der Waals surface area (Å²) in [7, 11) is 0. The van der Waals surface area contributed by atoms with Gasteiger partial charge < -0.3 is 35.6 Å². The summed E-state index contributed by atoms with van der Waals surface area (Å²) in [6.07, 6.45) is -3.12. The predicted octanol–water partition coefficient (Wildman–Crippen LogP) is -1.49. The van der Waals surface area contributed by atoms with Crippen LogP contribution in [0.2, 0.25) is 0 Å². The Balaban J connectivity index is 1.86. The zero-order valence-electron chi connectivity index (χ0n) is 19.8. The van der Waals surface area contributed by atoms with Crippen LogP contribution in [-0.4, -0.2) is 95.4 Å². The third-order valence-electron chi connectivity index (χ3n) is 4.84. The van der Waals surface area contributed by atoms with Gasteiger partial charge in [0.05, 0.1) is 5.57 Å². The van der Waals surface area contributed by atoms with Gasteiger partial charge in [0, 0.05) is 31.1 Å². The van der Waals surface area contributed by atoms with Gasteiger partial charge in [0.25, 0.3) is 18.1 Å². The highest BCUT2D eigenvalue weighted by molar-refractivity contribution is 8.00. The molecule has 2 aliphatic heterocycles. The van der Waals surface area contributed by atoms with Crippen molar-refractivity contribution < 1.29 is 53.3 Å². The number of oxime groups is 1. The highest BCUT2D eigenvalue weighted by atomic mass is 32.2. The van der Waals surface area contributed by atoms with Gasteiger partial charge in [-0.05, 0) is 6.92 Å². The fraction of sp³-hybridized carbons (Fsp3) is 0.421. The zero-order chi connectivity index (χ0) is 28.3. The van der Waals surface area contributed by atoms with Gasteiger partial charge in [0.2, 0.25) is 17.6 Å². The van der Waals surface area contributed by atoms with Crippen molar-refractivity contribution in [2.24, 2.45) is 5.16 Å². The average Bonchev–Trinajstić information content (AvgIpc) is 3.25. The third kappa shape index (κ3) is 5.99. The molecule has 1 aromatic heterocycles. The average molecular weight is 573 g/mol. The van der Waals surface area contributed by atoms with E-state index in [0.717, 1.165) is 49.0 Å². The molecule has 1 aromatic rings. The Morgan fingerprint density at radius 2 is 1.82 bits per heavy atom. The van der Waals surface area contributed by atoms with Crippen molar-refractivity contribution in [3.05, 3.63) is 17.1 Å². The smallest absolute Gasteiger partial charge is 0.352 e. The molecule has 0 aliphatic carbocycles. The number of carbonyl (C=O) groups is 6. The number of fused-ring (bicyclic) bond motifs is 1. The monoisotopic (exact) mass is 572 g/mol. The van der Waals surface area contributed by atoms with Crippen molar-refractivity contribution in [2.45, 2.75) is 44.6 Å². The molecular weight excluding hydrogens is 552 g/mol. The SMILES string of the molecule is CC(=O)OC(OC(C)=O)C1=C(C(=O)O)N2C(=O)C(NC(=O)C(=NOC(C)C(=O)O)c3nsc(N)n3)[C@@H]2SC1. The van der Waals surface area contributed by atoms with E-state index in [2.05, 4.69) is 19.8 Å². The molecule has 0 saturated carbocycles. The van der Waals surface area contributed by atoms with Crippen LogP contribution in [-0.2, 0) is 43.1 Å². The number of hydrogen-bond acceptors (Lipinski definition) is 15. The van der Waals surface area contributed by atoms with Crippen LogP contribution >= 0.6 is 23.3 Å². The number of hydrogen-bond donors (Lipinski definition) is 4. The molecule has 3 rings (SSSR count). The number of carbonyl (C=O) groups excluding carboxylic acids is 4. The van der Waals surface area contributed by atoms with Crippen LogP contribution in [0.15, 0.2) is 16.4 Å². The lowest BCUT2D eigenvalue weighted by Crippen LogP contribution is -2.71. The van der Waals surface area contributed by atoms with Gasteiger partial charge in [-0.2, -0.15) is 9.36 Å². The number of amides is 2. The van der Waals surface area contributed by atoms with Gasteiger partial charge in [-0.1, -0.05) is 5.16 Å². The van der Waals surface area contributed by atoms with Crippen LogP contribution in [0, 0.1) is 0 Å². The molecule has 5 N–H and O–H groups in total. The minimum Gasteiger partial charge on any atom is -0.478 e. The normalized spacial score (nSPS) is 19.7. The molecular formula is C19H20N6O11S2. The fourth-order valence-corrected chi connectivity index (χ4v) is 4.99. The second kappa shape index (κ2) is 11.4. The number of aromatic nitrogens is 2. The maximum Gasteiger partial charge on any atom is 0.352 e. The number of thioether (sulfide) groups is 1. The van der Waals surface area contributed by atoms with Crippen LogP contribution < -0.4 is 11.1 Å². The second-order valence-electron chi connectivity index (χ2n) is 7.57. The van der Waals surface area contributed by atoms with Crippen LogP contribution in [0.4, 0.5) is 5.13 Å². The highest BCUT2D eigenvalue weighted by Crippen LogP contribution is 2.41. The molecule has 2 amide bonds. The second-order valence-corrected chi connectivity index (χ2v) is 9.46. The summed E-state index contributed by atoms with van der Waals surface area (Å²) in [5.41, 5.74) is 4.25. The summed E-state index contributed by atoms with van der Waals surface area (Å²) in [6.45, 7) is 3.22. The van der Waals surface area contributed by atoms with Gasteiger partial charge in [0.1, 0.15) is 17.1 Å². The van der Waals surface area contributed by atoms with E-state index in [9.17, 15) is 33.9 Å².